The summed E-state index contributed by atoms with van der Waals surface area (Å²) >= 11 is 1.75. The van der Waals surface area contributed by atoms with Crippen LogP contribution in [0.1, 0.15) is 44.3 Å². The van der Waals surface area contributed by atoms with Gasteiger partial charge in [-0.2, -0.15) is 4.98 Å². The van der Waals surface area contributed by atoms with Crippen LogP contribution in [-0.4, -0.2) is 16.1 Å². The van der Waals surface area contributed by atoms with Gasteiger partial charge in [0.05, 0.1) is 12.1 Å². The molecule has 0 saturated carbocycles. The SMILES string of the molecule is Cc1cc(OC(C)C)nc(NC(c2cccs2)C(C)C)n1. The van der Waals surface area contributed by atoms with Crippen molar-refractivity contribution >= 4 is 17.3 Å². The number of hydrogen-bond donors (Lipinski definition) is 1. The molecule has 2 heterocycles. The van der Waals surface area contributed by atoms with Gasteiger partial charge < -0.3 is 10.1 Å². The lowest BCUT2D eigenvalue weighted by molar-refractivity contribution is 0.232. The Morgan fingerprint density at radius 3 is 2.52 bits per heavy atom. The van der Waals surface area contributed by atoms with Gasteiger partial charge in [-0.05, 0) is 38.1 Å². The summed E-state index contributed by atoms with van der Waals surface area (Å²) < 4.78 is 5.68. The molecule has 0 aromatic carbocycles. The van der Waals surface area contributed by atoms with Gasteiger partial charge in [0.25, 0.3) is 0 Å². The minimum atomic E-state index is 0.102. The zero-order valence-electron chi connectivity index (χ0n) is 13.3. The molecule has 2 aromatic heterocycles. The van der Waals surface area contributed by atoms with E-state index in [1.54, 1.807) is 11.3 Å². The Balaban J connectivity index is 2.22. The molecule has 1 unspecified atom stereocenters. The summed E-state index contributed by atoms with van der Waals surface area (Å²) in [5, 5.41) is 5.54. The van der Waals surface area contributed by atoms with Crippen molar-refractivity contribution in [3.05, 3.63) is 34.2 Å². The van der Waals surface area contributed by atoms with Crippen LogP contribution in [0.25, 0.3) is 0 Å². The second-order valence-corrected chi connectivity index (χ2v) is 6.70. The van der Waals surface area contributed by atoms with E-state index >= 15 is 0 Å². The first-order valence-corrected chi connectivity index (χ1v) is 8.16. The van der Waals surface area contributed by atoms with Crippen molar-refractivity contribution in [2.45, 2.75) is 46.8 Å². The molecule has 1 atom stereocenters. The summed E-state index contributed by atoms with van der Waals surface area (Å²) in [6, 6.07) is 6.28. The maximum absolute atomic E-state index is 5.68. The highest BCUT2D eigenvalue weighted by Gasteiger charge is 2.18. The largest absolute Gasteiger partial charge is 0.475 e. The third kappa shape index (κ3) is 4.43. The van der Waals surface area contributed by atoms with Crippen molar-refractivity contribution in [1.29, 1.82) is 0 Å². The van der Waals surface area contributed by atoms with Crippen LogP contribution in [0.2, 0.25) is 0 Å². The van der Waals surface area contributed by atoms with E-state index in [0.29, 0.717) is 17.7 Å². The van der Waals surface area contributed by atoms with E-state index in [0.717, 1.165) is 5.69 Å². The van der Waals surface area contributed by atoms with E-state index in [1.807, 2.05) is 26.8 Å². The Morgan fingerprint density at radius 1 is 1.19 bits per heavy atom. The molecular formula is C16H23N3OS. The smallest absolute Gasteiger partial charge is 0.226 e. The molecule has 0 saturated heterocycles. The highest BCUT2D eigenvalue weighted by Crippen LogP contribution is 2.29. The third-order valence-corrected chi connectivity index (χ3v) is 3.94. The van der Waals surface area contributed by atoms with Crippen LogP contribution in [0.5, 0.6) is 5.88 Å². The second-order valence-electron chi connectivity index (χ2n) is 5.72. The minimum Gasteiger partial charge on any atom is -0.475 e. The second kappa shape index (κ2) is 6.89. The number of ether oxygens (including phenoxy) is 1. The van der Waals surface area contributed by atoms with E-state index in [4.69, 9.17) is 4.74 Å². The average molecular weight is 305 g/mol. The van der Waals surface area contributed by atoms with Crippen LogP contribution in [0.4, 0.5) is 5.95 Å². The van der Waals surface area contributed by atoms with Crippen LogP contribution in [0.15, 0.2) is 23.6 Å². The Hall–Kier alpha value is -1.62. The highest BCUT2D eigenvalue weighted by atomic mass is 32.1. The molecule has 0 spiro atoms. The van der Waals surface area contributed by atoms with Crippen molar-refractivity contribution in [1.82, 2.24) is 9.97 Å². The van der Waals surface area contributed by atoms with E-state index in [1.165, 1.54) is 4.88 Å². The van der Waals surface area contributed by atoms with Crippen molar-refractivity contribution in [2.75, 3.05) is 5.32 Å². The quantitative estimate of drug-likeness (QED) is 0.857. The summed E-state index contributed by atoms with van der Waals surface area (Å²) in [6.07, 6.45) is 0.102. The number of nitrogens with zero attached hydrogens (tertiary/aromatic N) is 2. The zero-order valence-corrected chi connectivity index (χ0v) is 14.1. The Morgan fingerprint density at radius 2 is 1.95 bits per heavy atom. The molecule has 2 aromatic rings. The topological polar surface area (TPSA) is 47.0 Å². The lowest BCUT2D eigenvalue weighted by atomic mass is 10.0. The van der Waals surface area contributed by atoms with Crippen molar-refractivity contribution in [3.8, 4) is 5.88 Å². The van der Waals surface area contributed by atoms with Crippen LogP contribution >= 0.6 is 11.3 Å². The summed E-state index contributed by atoms with van der Waals surface area (Å²) in [5.74, 6) is 1.69. The average Bonchev–Trinajstić information content (AvgIpc) is 2.87. The Kier molecular flexibility index (Phi) is 5.17. The molecule has 114 valence electrons. The molecule has 0 aliphatic rings. The van der Waals surface area contributed by atoms with Gasteiger partial charge in [0, 0.05) is 16.6 Å². The van der Waals surface area contributed by atoms with Gasteiger partial charge in [-0.15, -0.1) is 11.3 Å². The fraction of sp³-hybridized carbons (Fsp3) is 0.500. The predicted molar refractivity (Wildman–Crippen MR) is 88.1 cm³/mol. The highest BCUT2D eigenvalue weighted by molar-refractivity contribution is 7.10. The molecule has 0 fully saturated rings. The first-order chi connectivity index (χ1) is 9.95. The molecule has 0 aliphatic heterocycles. The maximum Gasteiger partial charge on any atom is 0.226 e. The number of nitrogens with one attached hydrogen (secondary N) is 1. The Bertz CT molecular complexity index is 567. The van der Waals surface area contributed by atoms with E-state index < -0.39 is 0 Å². The first-order valence-electron chi connectivity index (χ1n) is 7.28. The van der Waals surface area contributed by atoms with Gasteiger partial charge in [-0.25, -0.2) is 4.98 Å². The number of anilines is 1. The molecule has 0 aliphatic carbocycles. The van der Waals surface area contributed by atoms with E-state index in [9.17, 15) is 0 Å². The minimum absolute atomic E-state index is 0.102. The lowest BCUT2D eigenvalue weighted by Gasteiger charge is -2.21. The van der Waals surface area contributed by atoms with Gasteiger partial charge >= 0.3 is 0 Å². The van der Waals surface area contributed by atoms with Crippen LogP contribution in [-0.2, 0) is 0 Å². The fourth-order valence-electron chi connectivity index (χ4n) is 2.08. The van der Waals surface area contributed by atoms with E-state index in [2.05, 4.69) is 46.6 Å². The third-order valence-electron chi connectivity index (χ3n) is 2.99. The molecule has 5 heteroatoms. The van der Waals surface area contributed by atoms with Gasteiger partial charge in [0.15, 0.2) is 0 Å². The molecule has 4 nitrogen and oxygen atoms in total. The molecule has 21 heavy (non-hydrogen) atoms. The maximum atomic E-state index is 5.68. The van der Waals surface area contributed by atoms with Crippen LogP contribution in [0.3, 0.4) is 0 Å². The molecule has 0 bridgehead atoms. The monoisotopic (exact) mass is 305 g/mol. The first kappa shape index (κ1) is 15.8. The van der Waals surface area contributed by atoms with Crippen LogP contribution < -0.4 is 10.1 Å². The summed E-state index contributed by atoms with van der Waals surface area (Å²) in [4.78, 5) is 10.2. The number of rotatable bonds is 6. The lowest BCUT2D eigenvalue weighted by Crippen LogP contribution is -2.18. The number of aromatic nitrogens is 2. The zero-order chi connectivity index (χ0) is 15.4. The van der Waals surface area contributed by atoms with E-state index in [-0.39, 0.29) is 12.1 Å². The summed E-state index contributed by atoms with van der Waals surface area (Å²) in [6.45, 7) is 10.3. The van der Waals surface area contributed by atoms with Gasteiger partial charge in [-0.3, -0.25) is 0 Å². The van der Waals surface area contributed by atoms with Gasteiger partial charge in [-0.1, -0.05) is 19.9 Å². The van der Waals surface area contributed by atoms with Crippen molar-refractivity contribution in [2.24, 2.45) is 5.92 Å². The molecule has 2 rings (SSSR count). The normalized spacial score (nSPS) is 12.7. The number of thiophene rings is 1. The molecule has 1 N–H and O–H groups in total. The molecule has 0 amide bonds. The van der Waals surface area contributed by atoms with Crippen molar-refractivity contribution < 1.29 is 4.74 Å². The van der Waals surface area contributed by atoms with Gasteiger partial charge in [0.2, 0.25) is 11.8 Å². The summed E-state index contributed by atoms with van der Waals surface area (Å²) in [5.41, 5.74) is 0.900. The molecule has 0 radical (unpaired) electrons. The van der Waals surface area contributed by atoms with Crippen LogP contribution in [0, 0.1) is 12.8 Å². The Labute approximate surface area is 130 Å². The van der Waals surface area contributed by atoms with Gasteiger partial charge in [0.1, 0.15) is 0 Å². The summed E-state index contributed by atoms with van der Waals surface area (Å²) in [7, 11) is 0. The number of aryl methyl sites for hydroxylation is 1. The number of hydrogen-bond acceptors (Lipinski definition) is 5. The molecular weight excluding hydrogens is 282 g/mol. The van der Waals surface area contributed by atoms with Crippen molar-refractivity contribution in [3.63, 3.8) is 0 Å². The fourth-order valence-corrected chi connectivity index (χ4v) is 3.03. The standard InChI is InChI=1S/C16H23N3OS/c1-10(2)15(13-7-6-8-21-13)19-16-17-12(5)9-14(18-16)20-11(3)4/h6-11,15H,1-5H3,(H,17,18,19). The predicted octanol–water partition coefficient (Wildman–Crippen LogP) is 4.44.